The summed E-state index contributed by atoms with van der Waals surface area (Å²) in [5.41, 5.74) is 0. The number of rotatable bonds is 2. The van der Waals surface area contributed by atoms with Crippen molar-refractivity contribution in [3.05, 3.63) is 0 Å². The van der Waals surface area contributed by atoms with E-state index in [2.05, 4.69) is 4.90 Å². The van der Waals surface area contributed by atoms with Crippen LogP contribution in [0.2, 0.25) is 0 Å². The Balaban J connectivity index is 2.11. The number of fused-ring (bicyclic) bond motifs is 1. The van der Waals surface area contributed by atoms with Gasteiger partial charge in [0.05, 0.1) is 12.7 Å². The third-order valence-corrected chi connectivity index (χ3v) is 3.43. The third kappa shape index (κ3) is 1.38. The van der Waals surface area contributed by atoms with Gasteiger partial charge in [0.15, 0.2) is 0 Å². The van der Waals surface area contributed by atoms with Crippen LogP contribution in [0.5, 0.6) is 0 Å². The van der Waals surface area contributed by atoms with Crippen LogP contribution in [0, 0.1) is 5.92 Å². The molecule has 0 saturated carbocycles. The molecule has 0 amide bonds. The van der Waals surface area contributed by atoms with Crippen LogP contribution in [0.4, 0.5) is 0 Å². The van der Waals surface area contributed by atoms with Crippen molar-refractivity contribution in [3.63, 3.8) is 0 Å². The molecule has 0 spiro atoms. The van der Waals surface area contributed by atoms with Gasteiger partial charge >= 0.3 is 0 Å². The lowest BCUT2D eigenvalue weighted by molar-refractivity contribution is 0.0796. The van der Waals surface area contributed by atoms with Gasteiger partial charge in [-0.15, -0.1) is 0 Å². The molecule has 2 rings (SSSR count). The molecule has 3 N–H and O–H groups in total. The number of hydrogen-bond donors (Lipinski definition) is 3. The average molecular weight is 187 g/mol. The summed E-state index contributed by atoms with van der Waals surface area (Å²) in [5.74, 6) is 0.148. The number of nitrogens with zero attached hydrogens (tertiary/aromatic N) is 1. The molecule has 0 aliphatic carbocycles. The van der Waals surface area contributed by atoms with Crippen LogP contribution in [-0.4, -0.2) is 58.2 Å². The van der Waals surface area contributed by atoms with Crippen LogP contribution < -0.4 is 0 Å². The Kier molecular flexibility index (Phi) is 2.55. The molecule has 0 aromatic carbocycles. The maximum atomic E-state index is 9.68. The van der Waals surface area contributed by atoms with Crippen LogP contribution in [0.15, 0.2) is 0 Å². The van der Waals surface area contributed by atoms with Crippen LogP contribution in [0.1, 0.15) is 12.8 Å². The van der Waals surface area contributed by atoms with Gasteiger partial charge in [-0.3, -0.25) is 4.90 Å². The Hall–Kier alpha value is -0.160. The van der Waals surface area contributed by atoms with Crippen molar-refractivity contribution in [2.75, 3.05) is 19.8 Å². The molecule has 0 aromatic heterocycles. The maximum absolute atomic E-state index is 9.68. The zero-order valence-corrected chi connectivity index (χ0v) is 7.63. The lowest BCUT2D eigenvalue weighted by Gasteiger charge is -2.23. The van der Waals surface area contributed by atoms with Gasteiger partial charge in [0, 0.05) is 31.2 Å². The first-order chi connectivity index (χ1) is 6.27. The molecule has 0 radical (unpaired) electrons. The minimum atomic E-state index is -0.311. The van der Waals surface area contributed by atoms with E-state index < -0.39 is 0 Å². The second-order valence-corrected chi connectivity index (χ2v) is 4.10. The number of aliphatic hydroxyl groups excluding tert-OH is 3. The van der Waals surface area contributed by atoms with Crippen molar-refractivity contribution >= 4 is 0 Å². The monoisotopic (exact) mass is 187 g/mol. The molecule has 2 fully saturated rings. The summed E-state index contributed by atoms with van der Waals surface area (Å²) in [6, 6.07) is 0.237. The minimum absolute atomic E-state index is 0.0853. The summed E-state index contributed by atoms with van der Waals surface area (Å²) >= 11 is 0. The highest BCUT2D eigenvalue weighted by Crippen LogP contribution is 2.36. The first kappa shape index (κ1) is 9.40. The zero-order valence-electron chi connectivity index (χ0n) is 7.63. The molecule has 13 heavy (non-hydrogen) atoms. The summed E-state index contributed by atoms with van der Waals surface area (Å²) in [7, 11) is 0. The molecule has 2 aliphatic rings. The van der Waals surface area contributed by atoms with Gasteiger partial charge in [0.1, 0.15) is 0 Å². The van der Waals surface area contributed by atoms with E-state index in [1.165, 1.54) is 0 Å². The van der Waals surface area contributed by atoms with E-state index in [9.17, 15) is 5.11 Å². The lowest BCUT2D eigenvalue weighted by atomic mass is 9.96. The number of hydrogen-bond acceptors (Lipinski definition) is 4. The smallest absolute Gasteiger partial charge is 0.0711 e. The van der Waals surface area contributed by atoms with E-state index >= 15 is 0 Å². The molecular weight excluding hydrogens is 170 g/mol. The summed E-state index contributed by atoms with van der Waals surface area (Å²) in [5, 5.41) is 27.9. The van der Waals surface area contributed by atoms with Crippen molar-refractivity contribution in [1.82, 2.24) is 4.90 Å². The molecule has 4 nitrogen and oxygen atoms in total. The Morgan fingerprint density at radius 1 is 1.23 bits per heavy atom. The summed E-state index contributed by atoms with van der Waals surface area (Å²) in [6.07, 6.45) is 1.28. The quantitative estimate of drug-likeness (QED) is 0.508. The van der Waals surface area contributed by atoms with Crippen molar-refractivity contribution < 1.29 is 15.3 Å². The van der Waals surface area contributed by atoms with Crippen LogP contribution in [0.25, 0.3) is 0 Å². The topological polar surface area (TPSA) is 63.9 Å². The van der Waals surface area contributed by atoms with Gasteiger partial charge in [-0.1, -0.05) is 0 Å². The van der Waals surface area contributed by atoms with Gasteiger partial charge in [0.2, 0.25) is 0 Å². The van der Waals surface area contributed by atoms with Gasteiger partial charge in [-0.05, 0) is 12.8 Å². The van der Waals surface area contributed by atoms with Crippen molar-refractivity contribution in [2.24, 2.45) is 5.92 Å². The fraction of sp³-hybridized carbons (Fsp3) is 1.00. The van der Waals surface area contributed by atoms with Gasteiger partial charge in [0.25, 0.3) is 0 Å². The van der Waals surface area contributed by atoms with Crippen molar-refractivity contribution in [3.8, 4) is 0 Å². The fourth-order valence-electron chi connectivity index (χ4n) is 2.82. The van der Waals surface area contributed by atoms with Gasteiger partial charge < -0.3 is 15.3 Å². The van der Waals surface area contributed by atoms with Gasteiger partial charge in [-0.2, -0.15) is 0 Å². The zero-order chi connectivity index (χ0) is 9.42. The van der Waals surface area contributed by atoms with E-state index in [4.69, 9.17) is 10.2 Å². The molecule has 2 heterocycles. The first-order valence-corrected chi connectivity index (χ1v) is 4.93. The predicted molar refractivity (Wildman–Crippen MR) is 47.2 cm³/mol. The molecule has 0 bridgehead atoms. The second-order valence-electron chi connectivity index (χ2n) is 4.10. The minimum Gasteiger partial charge on any atom is -0.396 e. The molecular formula is C9H17NO3. The normalized spacial score (nSPS) is 45.5. The third-order valence-electron chi connectivity index (χ3n) is 3.43. The van der Waals surface area contributed by atoms with E-state index in [1.807, 2.05) is 0 Å². The highest BCUT2D eigenvalue weighted by molar-refractivity contribution is 5.01. The molecule has 4 heteroatoms. The highest BCUT2D eigenvalue weighted by atomic mass is 16.3. The fourth-order valence-corrected chi connectivity index (χ4v) is 2.82. The van der Waals surface area contributed by atoms with Crippen molar-refractivity contribution in [1.29, 1.82) is 0 Å². The Morgan fingerprint density at radius 3 is 2.62 bits per heavy atom. The Labute approximate surface area is 77.8 Å². The Bertz CT molecular complexity index is 188. The average Bonchev–Trinajstić information content (AvgIpc) is 2.67. The molecule has 76 valence electrons. The van der Waals surface area contributed by atoms with Gasteiger partial charge in [-0.25, -0.2) is 0 Å². The summed E-state index contributed by atoms with van der Waals surface area (Å²) in [4.78, 5) is 2.14. The van der Waals surface area contributed by atoms with Crippen molar-refractivity contribution in [2.45, 2.75) is 31.0 Å². The van der Waals surface area contributed by atoms with E-state index in [0.717, 1.165) is 19.4 Å². The van der Waals surface area contributed by atoms with Crippen LogP contribution in [0.3, 0.4) is 0 Å². The SMILES string of the molecule is OC[C@@H]1C[C@@H](CO)N2CC[C@H](O)[C@H]12. The standard InChI is InChI=1S/C9H17NO3/c11-4-6-3-7(5-12)10-2-1-8(13)9(6)10/h6-9,11-13H,1-5H2/t6-,7-,8-,9-/m0/s1. The van der Waals surface area contributed by atoms with E-state index in [1.54, 1.807) is 0 Å². The second kappa shape index (κ2) is 3.53. The molecule has 4 atom stereocenters. The van der Waals surface area contributed by atoms with Crippen LogP contribution in [-0.2, 0) is 0 Å². The van der Waals surface area contributed by atoms with E-state index in [0.29, 0.717) is 0 Å². The molecule has 0 unspecified atom stereocenters. The molecule has 2 aliphatic heterocycles. The lowest BCUT2D eigenvalue weighted by Crippen LogP contribution is -2.38. The molecule has 2 saturated heterocycles. The first-order valence-electron chi connectivity index (χ1n) is 4.93. The van der Waals surface area contributed by atoms with Crippen LogP contribution >= 0.6 is 0 Å². The molecule has 0 aromatic rings. The maximum Gasteiger partial charge on any atom is 0.0711 e. The Morgan fingerprint density at radius 2 is 2.00 bits per heavy atom. The number of aliphatic hydroxyl groups is 3. The summed E-state index contributed by atoms with van der Waals surface area (Å²) in [6.45, 7) is 1.11. The largest absolute Gasteiger partial charge is 0.396 e. The summed E-state index contributed by atoms with van der Waals surface area (Å²) < 4.78 is 0. The van der Waals surface area contributed by atoms with E-state index in [-0.39, 0.29) is 37.3 Å². The highest BCUT2D eigenvalue weighted by Gasteiger charge is 2.47. The predicted octanol–water partition coefficient (Wildman–Crippen LogP) is -1.21.